The van der Waals surface area contributed by atoms with E-state index in [2.05, 4.69) is 25.2 Å². The minimum atomic E-state index is -0.866. The molecule has 10 nitrogen and oxygen atoms in total. The molecule has 108 valence electrons. The molecule has 0 amide bonds. The number of nitroso groups, excluding NO2 is 1. The first kappa shape index (κ1) is 15.7. The van der Waals surface area contributed by atoms with Gasteiger partial charge in [0.1, 0.15) is 6.04 Å². The molecule has 20 heavy (non-hydrogen) atoms. The van der Waals surface area contributed by atoms with Crippen molar-refractivity contribution in [2.24, 2.45) is 27.2 Å². The Labute approximate surface area is 114 Å². The summed E-state index contributed by atoms with van der Waals surface area (Å²) in [6.07, 6.45) is 0.0767. The molecule has 10 heteroatoms. The third-order valence-electron chi connectivity index (χ3n) is 3.48. The van der Waals surface area contributed by atoms with Gasteiger partial charge in [0, 0.05) is 15.9 Å². The van der Waals surface area contributed by atoms with Crippen molar-refractivity contribution in [3.63, 3.8) is 0 Å². The first-order chi connectivity index (χ1) is 9.60. The fourth-order valence-corrected chi connectivity index (χ4v) is 2.54. The zero-order chi connectivity index (χ0) is 15.1. The predicted octanol–water partition coefficient (Wildman–Crippen LogP) is 2.70. The van der Waals surface area contributed by atoms with Crippen LogP contribution in [0.4, 0.5) is 0 Å². The second-order valence-electron chi connectivity index (χ2n) is 4.52. The third kappa shape index (κ3) is 3.17. The van der Waals surface area contributed by atoms with Crippen molar-refractivity contribution in [3.8, 4) is 0 Å². The van der Waals surface area contributed by atoms with Crippen LogP contribution in [-0.2, 0) is 9.53 Å². The highest BCUT2D eigenvalue weighted by Crippen LogP contribution is 2.36. The van der Waals surface area contributed by atoms with Gasteiger partial charge >= 0.3 is 5.97 Å². The van der Waals surface area contributed by atoms with Crippen LogP contribution in [0.15, 0.2) is 15.4 Å². The van der Waals surface area contributed by atoms with Crippen molar-refractivity contribution in [3.05, 3.63) is 25.8 Å². The minimum absolute atomic E-state index is 0.0767. The van der Waals surface area contributed by atoms with E-state index in [-0.39, 0.29) is 13.0 Å². The van der Waals surface area contributed by atoms with Gasteiger partial charge in [-0.15, -0.1) is 0 Å². The molecular formula is C10H15N7O3. The molecule has 0 aromatic heterocycles. The van der Waals surface area contributed by atoms with E-state index in [4.69, 9.17) is 15.8 Å². The van der Waals surface area contributed by atoms with Crippen LogP contribution >= 0.6 is 0 Å². The van der Waals surface area contributed by atoms with Crippen LogP contribution in [0.1, 0.15) is 20.3 Å². The molecule has 1 rings (SSSR count). The normalized spacial score (nSPS) is 32.4. The van der Waals surface area contributed by atoms with E-state index in [9.17, 15) is 9.70 Å². The first-order valence-electron chi connectivity index (χ1n) is 6.18. The van der Waals surface area contributed by atoms with Crippen LogP contribution in [0, 0.1) is 16.7 Å². The topological polar surface area (TPSA) is 153 Å². The van der Waals surface area contributed by atoms with Crippen molar-refractivity contribution in [2.75, 3.05) is 6.61 Å². The third-order valence-corrected chi connectivity index (χ3v) is 3.48. The summed E-state index contributed by atoms with van der Waals surface area (Å²) in [5.74, 6) is -1.85. The summed E-state index contributed by atoms with van der Waals surface area (Å²) in [6, 6.07) is -2.27. The highest BCUT2D eigenvalue weighted by molar-refractivity contribution is 5.73. The van der Waals surface area contributed by atoms with E-state index < -0.39 is 35.9 Å². The Kier molecular flexibility index (Phi) is 5.76. The number of carbonyl (C=O) groups is 1. The van der Waals surface area contributed by atoms with Crippen molar-refractivity contribution in [2.45, 2.75) is 38.4 Å². The van der Waals surface area contributed by atoms with Gasteiger partial charge in [-0.25, -0.2) is 0 Å². The molecule has 0 heterocycles. The van der Waals surface area contributed by atoms with Crippen molar-refractivity contribution in [1.82, 2.24) is 0 Å². The lowest BCUT2D eigenvalue weighted by molar-refractivity contribution is -0.150. The molecule has 1 saturated carbocycles. The van der Waals surface area contributed by atoms with Gasteiger partial charge in [0.2, 0.25) is 0 Å². The van der Waals surface area contributed by atoms with Gasteiger partial charge < -0.3 is 4.74 Å². The molecule has 0 aromatic carbocycles. The maximum absolute atomic E-state index is 11.9. The van der Waals surface area contributed by atoms with E-state index in [1.165, 1.54) is 0 Å². The number of hydrogen-bond acceptors (Lipinski definition) is 6. The summed E-state index contributed by atoms with van der Waals surface area (Å²) in [7, 11) is 0. The second kappa shape index (κ2) is 7.32. The number of rotatable bonds is 5. The fourth-order valence-electron chi connectivity index (χ4n) is 2.54. The highest BCUT2D eigenvalue weighted by atomic mass is 16.5. The predicted molar refractivity (Wildman–Crippen MR) is 69.4 cm³/mol. The molecule has 0 aromatic rings. The summed E-state index contributed by atoms with van der Waals surface area (Å²) < 4.78 is 4.91. The number of nitrogens with zero attached hydrogens (tertiary/aromatic N) is 7. The van der Waals surface area contributed by atoms with E-state index in [0.29, 0.717) is 0 Å². The molecular weight excluding hydrogens is 266 g/mol. The Morgan fingerprint density at radius 2 is 1.95 bits per heavy atom. The van der Waals surface area contributed by atoms with Crippen LogP contribution in [-0.4, -0.2) is 30.7 Å². The van der Waals surface area contributed by atoms with Gasteiger partial charge in [0.05, 0.1) is 18.6 Å². The lowest BCUT2D eigenvalue weighted by Gasteiger charge is -2.38. The lowest BCUT2D eigenvalue weighted by Crippen LogP contribution is -2.48. The first-order valence-corrected chi connectivity index (χ1v) is 6.18. The van der Waals surface area contributed by atoms with Gasteiger partial charge in [-0.1, -0.05) is 22.3 Å². The summed E-state index contributed by atoms with van der Waals surface area (Å²) in [5.41, 5.74) is 17.1. The number of ether oxygens (including phenoxy) is 1. The summed E-state index contributed by atoms with van der Waals surface area (Å²) >= 11 is 0. The molecule has 1 fully saturated rings. The fraction of sp³-hybridized carbons (Fsp3) is 0.900. The van der Waals surface area contributed by atoms with Gasteiger partial charge in [-0.3, -0.25) is 4.79 Å². The Balaban J connectivity index is 3.11. The van der Waals surface area contributed by atoms with Crippen LogP contribution in [0.3, 0.4) is 0 Å². The maximum atomic E-state index is 11.9. The standard InChI is InChI=1S/C10H15N7O3/c1-3-20-10(18)6-4-7(13-16-11)9(14-17-12)5(2)8(6)15-19/h5-9H,3-4H2,1-2H3/t5-,6+,7?,8+,9?/m1/s1. The van der Waals surface area contributed by atoms with Gasteiger partial charge in [-0.2, -0.15) is 4.91 Å². The van der Waals surface area contributed by atoms with E-state index >= 15 is 0 Å². The van der Waals surface area contributed by atoms with Crippen molar-refractivity contribution < 1.29 is 9.53 Å². The van der Waals surface area contributed by atoms with Crippen molar-refractivity contribution >= 4 is 5.97 Å². The van der Waals surface area contributed by atoms with Gasteiger partial charge in [0.15, 0.2) is 0 Å². The molecule has 1 aliphatic rings. The number of carbonyl (C=O) groups excluding carboxylic acids is 1. The van der Waals surface area contributed by atoms with Gasteiger partial charge in [0.25, 0.3) is 0 Å². The molecule has 2 unspecified atom stereocenters. The molecule has 0 radical (unpaired) electrons. The van der Waals surface area contributed by atoms with Crippen LogP contribution in [0.25, 0.3) is 20.9 Å². The Bertz CT molecular complexity index is 469. The number of esters is 1. The minimum Gasteiger partial charge on any atom is -0.466 e. The summed E-state index contributed by atoms with van der Waals surface area (Å²) in [5, 5.41) is 10.1. The van der Waals surface area contributed by atoms with Crippen LogP contribution in [0.2, 0.25) is 0 Å². The summed E-state index contributed by atoms with van der Waals surface area (Å²) in [4.78, 5) is 28.3. The zero-order valence-corrected chi connectivity index (χ0v) is 11.2. The monoisotopic (exact) mass is 281 g/mol. The average Bonchev–Trinajstić information content (AvgIpc) is 2.43. The smallest absolute Gasteiger partial charge is 0.311 e. The molecule has 0 bridgehead atoms. The Morgan fingerprint density at radius 1 is 1.30 bits per heavy atom. The zero-order valence-electron chi connectivity index (χ0n) is 11.2. The number of hydrogen-bond donors (Lipinski definition) is 0. The molecule has 0 saturated heterocycles. The molecule has 5 atom stereocenters. The maximum Gasteiger partial charge on any atom is 0.311 e. The van der Waals surface area contributed by atoms with E-state index in [0.717, 1.165) is 0 Å². The molecule has 0 aliphatic heterocycles. The van der Waals surface area contributed by atoms with Crippen LogP contribution in [0.5, 0.6) is 0 Å². The highest BCUT2D eigenvalue weighted by Gasteiger charge is 2.46. The summed E-state index contributed by atoms with van der Waals surface area (Å²) in [6.45, 7) is 3.47. The average molecular weight is 281 g/mol. The van der Waals surface area contributed by atoms with E-state index in [1.54, 1.807) is 13.8 Å². The Hall–Kier alpha value is -2.31. The van der Waals surface area contributed by atoms with Gasteiger partial charge in [-0.05, 0) is 30.3 Å². The SMILES string of the molecule is CCOC(=O)[C@H]1CC(N=[N+]=[N-])C(N=[N+]=[N-])[C@H](C)[C@@H]1N=O. The van der Waals surface area contributed by atoms with E-state index in [1.807, 2.05) is 0 Å². The Morgan fingerprint density at radius 3 is 2.45 bits per heavy atom. The largest absolute Gasteiger partial charge is 0.466 e. The molecule has 0 N–H and O–H groups in total. The molecule has 0 spiro atoms. The molecule has 1 aliphatic carbocycles. The lowest BCUT2D eigenvalue weighted by atomic mass is 9.73. The number of azide groups is 2. The quantitative estimate of drug-likeness (QED) is 0.250. The second-order valence-corrected chi connectivity index (χ2v) is 4.52. The van der Waals surface area contributed by atoms with Crippen molar-refractivity contribution in [1.29, 1.82) is 0 Å². The van der Waals surface area contributed by atoms with Crippen LogP contribution < -0.4 is 0 Å².